The fraction of sp³-hybridized carbons (Fsp3) is 0.250. The van der Waals surface area contributed by atoms with Crippen LogP contribution in [-0.2, 0) is 4.79 Å². The SMILES string of the molecule is CCNC(=O)C(C)N1C(=O)c2cccc3cccc1c23. The predicted octanol–water partition coefficient (Wildman–Crippen LogP) is 2.32. The molecule has 20 heavy (non-hydrogen) atoms. The number of amides is 2. The maximum atomic E-state index is 12.6. The van der Waals surface area contributed by atoms with E-state index >= 15 is 0 Å². The van der Waals surface area contributed by atoms with Crippen molar-refractivity contribution in [3.63, 3.8) is 0 Å². The Labute approximate surface area is 117 Å². The lowest BCUT2D eigenvalue weighted by Crippen LogP contribution is -2.46. The first-order valence-electron chi connectivity index (χ1n) is 6.78. The van der Waals surface area contributed by atoms with Gasteiger partial charge in [0.2, 0.25) is 5.91 Å². The molecule has 0 spiro atoms. The van der Waals surface area contributed by atoms with Crippen LogP contribution in [0.5, 0.6) is 0 Å². The number of benzene rings is 2. The molecule has 4 nitrogen and oxygen atoms in total. The summed E-state index contributed by atoms with van der Waals surface area (Å²) in [5.41, 5.74) is 1.50. The van der Waals surface area contributed by atoms with E-state index in [0.29, 0.717) is 12.1 Å². The third kappa shape index (κ3) is 1.68. The Morgan fingerprint density at radius 1 is 1.25 bits per heavy atom. The van der Waals surface area contributed by atoms with Crippen molar-refractivity contribution in [1.29, 1.82) is 0 Å². The van der Waals surface area contributed by atoms with Gasteiger partial charge in [-0.3, -0.25) is 14.5 Å². The zero-order valence-electron chi connectivity index (χ0n) is 11.5. The quantitative estimate of drug-likeness (QED) is 0.928. The Kier molecular flexibility index (Phi) is 2.93. The van der Waals surface area contributed by atoms with Crippen molar-refractivity contribution in [2.45, 2.75) is 19.9 Å². The van der Waals surface area contributed by atoms with Crippen LogP contribution in [0.15, 0.2) is 36.4 Å². The van der Waals surface area contributed by atoms with Gasteiger partial charge in [-0.2, -0.15) is 0 Å². The summed E-state index contributed by atoms with van der Waals surface area (Å²) in [5, 5.41) is 4.74. The molecule has 1 unspecified atom stereocenters. The lowest BCUT2D eigenvalue weighted by Gasteiger charge is -2.24. The Balaban J connectivity index is 2.11. The Morgan fingerprint density at radius 3 is 2.65 bits per heavy atom. The second kappa shape index (κ2) is 4.63. The standard InChI is InChI=1S/C16H16N2O2/c1-3-17-15(19)10(2)18-13-9-5-7-11-6-4-8-12(14(11)13)16(18)20/h4-10H,3H2,1-2H3,(H,17,19). The molecular weight excluding hydrogens is 252 g/mol. The number of nitrogens with one attached hydrogen (secondary N) is 1. The Morgan fingerprint density at radius 2 is 1.95 bits per heavy atom. The van der Waals surface area contributed by atoms with Gasteiger partial charge in [0.05, 0.1) is 5.69 Å². The zero-order chi connectivity index (χ0) is 14.3. The lowest BCUT2D eigenvalue weighted by atomic mass is 10.1. The molecule has 0 radical (unpaired) electrons. The number of hydrogen-bond acceptors (Lipinski definition) is 2. The topological polar surface area (TPSA) is 49.4 Å². The molecule has 1 atom stereocenters. The Hall–Kier alpha value is -2.36. The van der Waals surface area contributed by atoms with Crippen LogP contribution in [-0.4, -0.2) is 24.4 Å². The highest BCUT2D eigenvalue weighted by atomic mass is 16.2. The van der Waals surface area contributed by atoms with Crippen molar-refractivity contribution in [1.82, 2.24) is 5.32 Å². The first-order valence-corrected chi connectivity index (χ1v) is 6.78. The Bertz CT molecular complexity index is 703. The van der Waals surface area contributed by atoms with Gasteiger partial charge in [0.15, 0.2) is 0 Å². The van der Waals surface area contributed by atoms with E-state index in [4.69, 9.17) is 0 Å². The maximum Gasteiger partial charge on any atom is 0.259 e. The summed E-state index contributed by atoms with van der Waals surface area (Å²) in [4.78, 5) is 26.2. The second-order valence-electron chi connectivity index (χ2n) is 4.93. The minimum absolute atomic E-state index is 0.101. The average molecular weight is 268 g/mol. The number of nitrogens with zero attached hydrogens (tertiary/aromatic N) is 1. The average Bonchev–Trinajstić information content (AvgIpc) is 2.74. The third-order valence-electron chi connectivity index (χ3n) is 3.71. The van der Waals surface area contributed by atoms with Crippen LogP contribution in [0.4, 0.5) is 5.69 Å². The van der Waals surface area contributed by atoms with Crippen LogP contribution < -0.4 is 10.2 Å². The van der Waals surface area contributed by atoms with Crippen LogP contribution >= 0.6 is 0 Å². The van der Waals surface area contributed by atoms with E-state index in [1.165, 1.54) is 0 Å². The van der Waals surface area contributed by atoms with Gasteiger partial charge in [-0.1, -0.05) is 24.3 Å². The molecule has 0 fully saturated rings. The molecule has 1 N–H and O–H groups in total. The molecule has 0 bridgehead atoms. The molecule has 1 heterocycles. The molecule has 1 aliphatic rings. The minimum atomic E-state index is -0.513. The molecule has 2 aromatic carbocycles. The van der Waals surface area contributed by atoms with Gasteiger partial charge in [-0.15, -0.1) is 0 Å². The first kappa shape index (κ1) is 12.7. The van der Waals surface area contributed by atoms with E-state index in [1.807, 2.05) is 43.3 Å². The van der Waals surface area contributed by atoms with Gasteiger partial charge < -0.3 is 5.32 Å². The van der Waals surface area contributed by atoms with Gasteiger partial charge >= 0.3 is 0 Å². The van der Waals surface area contributed by atoms with Crippen molar-refractivity contribution in [2.24, 2.45) is 0 Å². The maximum absolute atomic E-state index is 12.6. The largest absolute Gasteiger partial charge is 0.355 e. The number of carbonyl (C=O) groups is 2. The summed E-state index contributed by atoms with van der Waals surface area (Å²) >= 11 is 0. The molecule has 102 valence electrons. The fourth-order valence-corrected chi connectivity index (χ4v) is 2.76. The van der Waals surface area contributed by atoms with Crippen LogP contribution in [0.1, 0.15) is 24.2 Å². The smallest absolute Gasteiger partial charge is 0.259 e. The molecule has 3 rings (SSSR count). The van der Waals surface area contributed by atoms with Crippen molar-refractivity contribution in [2.75, 3.05) is 11.4 Å². The summed E-state index contributed by atoms with van der Waals surface area (Å²) in [6.07, 6.45) is 0. The van der Waals surface area contributed by atoms with E-state index in [0.717, 1.165) is 16.5 Å². The van der Waals surface area contributed by atoms with E-state index < -0.39 is 6.04 Å². The fourth-order valence-electron chi connectivity index (χ4n) is 2.76. The third-order valence-corrected chi connectivity index (χ3v) is 3.71. The van der Waals surface area contributed by atoms with E-state index in [2.05, 4.69) is 5.32 Å². The zero-order valence-corrected chi connectivity index (χ0v) is 11.5. The first-order chi connectivity index (χ1) is 9.65. The molecule has 0 saturated carbocycles. The summed E-state index contributed by atoms with van der Waals surface area (Å²) in [7, 11) is 0. The molecule has 2 aromatic rings. The molecule has 2 amide bonds. The minimum Gasteiger partial charge on any atom is -0.355 e. The number of likely N-dealkylation sites (N-methyl/N-ethyl adjacent to an activating group) is 1. The van der Waals surface area contributed by atoms with Gasteiger partial charge in [0.1, 0.15) is 6.04 Å². The summed E-state index contributed by atoms with van der Waals surface area (Å²) in [6, 6.07) is 11.0. The number of rotatable bonds is 3. The molecule has 0 aliphatic carbocycles. The lowest BCUT2D eigenvalue weighted by molar-refractivity contribution is -0.121. The van der Waals surface area contributed by atoms with Crippen LogP contribution in [0.3, 0.4) is 0 Å². The van der Waals surface area contributed by atoms with Gasteiger partial charge in [0, 0.05) is 17.5 Å². The van der Waals surface area contributed by atoms with Crippen molar-refractivity contribution in [3.8, 4) is 0 Å². The van der Waals surface area contributed by atoms with Crippen LogP contribution in [0, 0.1) is 0 Å². The highest BCUT2D eigenvalue weighted by molar-refractivity contribution is 6.26. The molecule has 0 aromatic heterocycles. The van der Waals surface area contributed by atoms with Crippen LogP contribution in [0.2, 0.25) is 0 Å². The van der Waals surface area contributed by atoms with Gasteiger partial charge in [-0.25, -0.2) is 0 Å². The highest BCUT2D eigenvalue weighted by Crippen LogP contribution is 2.38. The molecule has 0 saturated heterocycles. The van der Waals surface area contributed by atoms with Crippen LogP contribution in [0.25, 0.3) is 10.8 Å². The summed E-state index contributed by atoms with van der Waals surface area (Å²) < 4.78 is 0. The second-order valence-corrected chi connectivity index (χ2v) is 4.93. The number of anilines is 1. The molecule has 1 aliphatic heterocycles. The van der Waals surface area contributed by atoms with Crippen molar-refractivity contribution < 1.29 is 9.59 Å². The number of hydrogen-bond donors (Lipinski definition) is 1. The van der Waals surface area contributed by atoms with Gasteiger partial charge in [-0.05, 0) is 31.4 Å². The van der Waals surface area contributed by atoms with Gasteiger partial charge in [0.25, 0.3) is 5.91 Å². The predicted molar refractivity (Wildman–Crippen MR) is 78.9 cm³/mol. The van der Waals surface area contributed by atoms with Crippen molar-refractivity contribution in [3.05, 3.63) is 42.0 Å². The van der Waals surface area contributed by atoms with Crippen molar-refractivity contribution >= 4 is 28.3 Å². The van der Waals surface area contributed by atoms with E-state index in [-0.39, 0.29) is 11.8 Å². The molecular formula is C16H16N2O2. The normalized spacial score (nSPS) is 14.7. The number of carbonyl (C=O) groups excluding carboxylic acids is 2. The molecule has 4 heteroatoms. The summed E-state index contributed by atoms with van der Waals surface area (Å²) in [5.74, 6) is -0.235. The monoisotopic (exact) mass is 268 g/mol. The summed E-state index contributed by atoms with van der Waals surface area (Å²) in [6.45, 7) is 4.18. The van der Waals surface area contributed by atoms with E-state index in [9.17, 15) is 9.59 Å². The van der Waals surface area contributed by atoms with E-state index in [1.54, 1.807) is 11.8 Å². The highest BCUT2D eigenvalue weighted by Gasteiger charge is 2.35.